The Kier molecular flexibility index (Phi) is 2.79. The van der Waals surface area contributed by atoms with Crippen molar-refractivity contribution >= 4 is 34.3 Å². The molecule has 3 heterocycles. The SMILES string of the molecule is Nc1nc2[nH]c(Cc3ccc(C(=O)O)s3)cc2c(=O)[nH]1. The van der Waals surface area contributed by atoms with Crippen LogP contribution in [0.5, 0.6) is 0 Å². The van der Waals surface area contributed by atoms with Gasteiger partial charge >= 0.3 is 5.97 Å². The van der Waals surface area contributed by atoms with Gasteiger partial charge in [-0.1, -0.05) is 0 Å². The summed E-state index contributed by atoms with van der Waals surface area (Å²) in [7, 11) is 0. The van der Waals surface area contributed by atoms with Gasteiger partial charge in [-0.05, 0) is 18.2 Å². The second-order valence-electron chi connectivity index (χ2n) is 4.26. The first-order valence-electron chi connectivity index (χ1n) is 5.72. The molecule has 102 valence electrons. The first-order chi connectivity index (χ1) is 9.52. The summed E-state index contributed by atoms with van der Waals surface area (Å²) in [4.78, 5) is 33.1. The molecule has 3 aromatic rings. The summed E-state index contributed by atoms with van der Waals surface area (Å²) >= 11 is 1.20. The van der Waals surface area contributed by atoms with E-state index in [0.717, 1.165) is 10.6 Å². The summed E-state index contributed by atoms with van der Waals surface area (Å²) < 4.78 is 0. The number of aromatic amines is 2. The van der Waals surface area contributed by atoms with Crippen molar-refractivity contribution in [3.63, 3.8) is 0 Å². The Bertz CT molecular complexity index is 861. The third-order valence-electron chi connectivity index (χ3n) is 2.81. The maximum atomic E-state index is 11.7. The predicted molar refractivity (Wildman–Crippen MR) is 75.2 cm³/mol. The number of hydrogen-bond donors (Lipinski definition) is 4. The maximum Gasteiger partial charge on any atom is 0.345 e. The number of hydrogen-bond acceptors (Lipinski definition) is 5. The summed E-state index contributed by atoms with van der Waals surface area (Å²) in [6, 6.07) is 5.01. The molecule has 7 nitrogen and oxygen atoms in total. The number of nitrogens with one attached hydrogen (secondary N) is 2. The Morgan fingerprint density at radius 1 is 1.40 bits per heavy atom. The predicted octanol–water partition coefficient (Wildman–Crippen LogP) is 1.18. The number of H-pyrrole nitrogens is 2. The lowest BCUT2D eigenvalue weighted by atomic mass is 10.2. The summed E-state index contributed by atoms with van der Waals surface area (Å²) in [5.41, 5.74) is 6.38. The van der Waals surface area contributed by atoms with Crippen LogP contribution in [-0.2, 0) is 6.42 Å². The molecule has 3 rings (SSSR count). The molecule has 0 bridgehead atoms. The van der Waals surface area contributed by atoms with Crippen molar-refractivity contribution in [2.24, 2.45) is 0 Å². The van der Waals surface area contributed by atoms with Crippen LogP contribution in [0.2, 0.25) is 0 Å². The van der Waals surface area contributed by atoms with Crippen molar-refractivity contribution in [2.45, 2.75) is 6.42 Å². The first kappa shape index (κ1) is 12.4. The molecule has 0 aromatic carbocycles. The number of nitrogens with zero attached hydrogens (tertiary/aromatic N) is 1. The number of nitrogen functional groups attached to an aromatic ring is 1. The molecule has 0 saturated carbocycles. The van der Waals surface area contributed by atoms with Crippen LogP contribution in [0, 0.1) is 0 Å². The molecule has 20 heavy (non-hydrogen) atoms. The van der Waals surface area contributed by atoms with Crippen LogP contribution in [0.4, 0.5) is 5.95 Å². The number of anilines is 1. The molecule has 0 radical (unpaired) electrons. The summed E-state index contributed by atoms with van der Waals surface area (Å²) in [5.74, 6) is -0.885. The van der Waals surface area contributed by atoms with E-state index in [1.807, 2.05) is 0 Å². The van der Waals surface area contributed by atoms with Crippen molar-refractivity contribution in [1.82, 2.24) is 15.0 Å². The van der Waals surface area contributed by atoms with Crippen molar-refractivity contribution in [3.05, 3.63) is 44.0 Å². The van der Waals surface area contributed by atoms with E-state index in [-0.39, 0.29) is 16.4 Å². The zero-order chi connectivity index (χ0) is 14.3. The molecule has 0 saturated heterocycles. The Hall–Kier alpha value is -2.61. The van der Waals surface area contributed by atoms with Gasteiger partial charge in [-0.25, -0.2) is 4.79 Å². The van der Waals surface area contributed by atoms with Crippen molar-refractivity contribution in [2.75, 3.05) is 5.73 Å². The van der Waals surface area contributed by atoms with Gasteiger partial charge < -0.3 is 15.8 Å². The number of fused-ring (bicyclic) bond motifs is 1. The maximum absolute atomic E-state index is 11.7. The second kappa shape index (κ2) is 4.49. The van der Waals surface area contributed by atoms with E-state index in [9.17, 15) is 9.59 Å². The number of nitrogens with two attached hydrogens (primary N) is 1. The Balaban J connectivity index is 1.96. The van der Waals surface area contributed by atoms with Crippen LogP contribution in [0.15, 0.2) is 23.0 Å². The summed E-state index contributed by atoms with van der Waals surface area (Å²) in [6.07, 6.45) is 0.508. The smallest absolute Gasteiger partial charge is 0.345 e. The van der Waals surface area contributed by atoms with Gasteiger partial charge in [-0.2, -0.15) is 4.98 Å². The minimum atomic E-state index is -0.941. The summed E-state index contributed by atoms with van der Waals surface area (Å²) in [6.45, 7) is 0. The third kappa shape index (κ3) is 2.16. The monoisotopic (exact) mass is 290 g/mol. The average molecular weight is 290 g/mol. The molecule has 5 N–H and O–H groups in total. The van der Waals surface area contributed by atoms with Gasteiger partial charge in [0, 0.05) is 17.0 Å². The van der Waals surface area contributed by atoms with E-state index in [1.165, 1.54) is 11.3 Å². The van der Waals surface area contributed by atoms with Crippen molar-refractivity contribution in [1.29, 1.82) is 0 Å². The van der Waals surface area contributed by atoms with Crippen LogP contribution < -0.4 is 11.3 Å². The van der Waals surface area contributed by atoms with Crippen LogP contribution in [-0.4, -0.2) is 26.0 Å². The van der Waals surface area contributed by atoms with Crippen molar-refractivity contribution < 1.29 is 9.90 Å². The summed E-state index contributed by atoms with van der Waals surface area (Å²) in [5, 5.41) is 9.31. The fourth-order valence-corrected chi connectivity index (χ4v) is 2.83. The molecule has 0 amide bonds. The van der Waals surface area contributed by atoms with Gasteiger partial charge in [0.25, 0.3) is 5.56 Å². The molecular weight excluding hydrogens is 280 g/mol. The number of aromatic nitrogens is 3. The van der Waals surface area contributed by atoms with Crippen LogP contribution in [0.1, 0.15) is 20.2 Å². The topological polar surface area (TPSA) is 125 Å². The molecule has 8 heteroatoms. The van der Waals surface area contributed by atoms with Gasteiger partial charge in [0.1, 0.15) is 10.5 Å². The highest BCUT2D eigenvalue weighted by atomic mass is 32.1. The second-order valence-corrected chi connectivity index (χ2v) is 5.42. The lowest BCUT2D eigenvalue weighted by molar-refractivity contribution is 0.0702. The Morgan fingerprint density at radius 3 is 2.90 bits per heavy atom. The van der Waals surface area contributed by atoms with Gasteiger partial charge in [0.05, 0.1) is 5.39 Å². The molecule has 0 fully saturated rings. The quantitative estimate of drug-likeness (QED) is 0.576. The zero-order valence-electron chi connectivity index (χ0n) is 10.1. The van der Waals surface area contributed by atoms with Crippen molar-refractivity contribution in [3.8, 4) is 0 Å². The average Bonchev–Trinajstić information content (AvgIpc) is 2.96. The van der Waals surface area contributed by atoms with Gasteiger partial charge in [-0.3, -0.25) is 9.78 Å². The van der Waals surface area contributed by atoms with E-state index in [0.29, 0.717) is 17.5 Å². The number of carboxylic acids is 1. The first-order valence-corrected chi connectivity index (χ1v) is 6.54. The fraction of sp³-hybridized carbons (Fsp3) is 0.0833. The molecule has 0 aliphatic carbocycles. The fourth-order valence-electron chi connectivity index (χ4n) is 1.96. The third-order valence-corrected chi connectivity index (χ3v) is 3.88. The highest BCUT2D eigenvalue weighted by molar-refractivity contribution is 7.13. The van der Waals surface area contributed by atoms with Crippen LogP contribution in [0.3, 0.4) is 0 Å². The minimum Gasteiger partial charge on any atom is -0.477 e. The number of thiophene rings is 1. The van der Waals surface area contributed by atoms with Gasteiger partial charge in [-0.15, -0.1) is 11.3 Å². The zero-order valence-corrected chi connectivity index (χ0v) is 11.0. The lowest BCUT2D eigenvalue weighted by Gasteiger charge is -1.93. The van der Waals surface area contributed by atoms with E-state index in [1.54, 1.807) is 18.2 Å². The minimum absolute atomic E-state index is 0.0557. The molecular formula is C12H10N4O3S. The molecule has 0 unspecified atom stereocenters. The largest absolute Gasteiger partial charge is 0.477 e. The van der Waals surface area contributed by atoms with Crippen LogP contribution in [0.25, 0.3) is 11.0 Å². The Morgan fingerprint density at radius 2 is 2.20 bits per heavy atom. The van der Waals surface area contributed by atoms with Gasteiger partial charge in [0.15, 0.2) is 0 Å². The number of carbonyl (C=O) groups is 1. The van der Waals surface area contributed by atoms with E-state index in [2.05, 4.69) is 15.0 Å². The molecule has 0 atom stereocenters. The van der Waals surface area contributed by atoms with Gasteiger partial charge in [0.2, 0.25) is 5.95 Å². The molecule has 0 aliphatic rings. The number of carboxylic acid groups (broad SMARTS) is 1. The molecule has 0 spiro atoms. The number of aromatic carboxylic acids is 1. The highest BCUT2D eigenvalue weighted by Gasteiger charge is 2.10. The highest BCUT2D eigenvalue weighted by Crippen LogP contribution is 2.21. The molecule has 3 aromatic heterocycles. The normalized spacial score (nSPS) is 11.0. The Labute approximate surface area is 116 Å². The lowest BCUT2D eigenvalue weighted by Crippen LogP contribution is -2.09. The van der Waals surface area contributed by atoms with E-state index in [4.69, 9.17) is 10.8 Å². The standard InChI is InChI=1S/C12H10N4O3S/c13-12-15-9-7(10(17)16-12)4-5(14-9)3-6-1-2-8(20-6)11(18)19/h1-2,4H,3H2,(H,18,19)(H4,13,14,15,16,17). The molecule has 0 aliphatic heterocycles. The van der Waals surface area contributed by atoms with Crippen LogP contribution >= 0.6 is 11.3 Å². The van der Waals surface area contributed by atoms with E-state index >= 15 is 0 Å². The number of rotatable bonds is 3. The van der Waals surface area contributed by atoms with E-state index < -0.39 is 5.97 Å².